The van der Waals surface area contributed by atoms with Crippen molar-refractivity contribution >= 4 is 17.1 Å². The normalized spacial score (nSPS) is 10.9. The lowest BCUT2D eigenvalue weighted by Gasteiger charge is -2.06. The summed E-state index contributed by atoms with van der Waals surface area (Å²) in [5.74, 6) is 0.452. The summed E-state index contributed by atoms with van der Waals surface area (Å²) in [6, 6.07) is 0. The summed E-state index contributed by atoms with van der Waals surface area (Å²) in [5.41, 5.74) is 6.58. The number of hydrogen-bond donors (Lipinski definition) is 3. The minimum absolute atomic E-state index is 0.00868. The molecule has 0 amide bonds. The van der Waals surface area contributed by atoms with Crippen molar-refractivity contribution in [2.75, 3.05) is 32.2 Å². The van der Waals surface area contributed by atoms with Gasteiger partial charge in [-0.3, -0.25) is 0 Å². The highest BCUT2D eigenvalue weighted by Gasteiger charge is 2.09. The number of aliphatic hydroxyl groups is 1. The van der Waals surface area contributed by atoms with Crippen molar-refractivity contribution < 1.29 is 14.6 Å². The summed E-state index contributed by atoms with van der Waals surface area (Å²) < 4.78 is 10.4. The van der Waals surface area contributed by atoms with Gasteiger partial charge in [-0.2, -0.15) is 9.97 Å². The van der Waals surface area contributed by atoms with Gasteiger partial charge in [-0.25, -0.2) is 4.98 Å². The van der Waals surface area contributed by atoms with E-state index < -0.39 is 0 Å². The minimum Gasteiger partial charge on any atom is -0.474 e. The van der Waals surface area contributed by atoms with E-state index in [1.54, 1.807) is 0 Å². The summed E-state index contributed by atoms with van der Waals surface area (Å²) in [5, 5.41) is 8.52. The molecule has 2 aromatic heterocycles. The number of H-pyrrole nitrogens is 1. The van der Waals surface area contributed by atoms with Crippen LogP contribution in [0.25, 0.3) is 11.2 Å². The molecule has 2 rings (SSSR count). The smallest absolute Gasteiger partial charge is 0.245 e. The third-order valence-electron chi connectivity index (χ3n) is 1.97. The van der Waals surface area contributed by atoms with Gasteiger partial charge in [0, 0.05) is 0 Å². The molecule has 0 unspecified atom stereocenters. The first-order valence-electron chi connectivity index (χ1n) is 5.09. The number of nitrogen functional groups attached to an aromatic ring is 1. The van der Waals surface area contributed by atoms with E-state index in [0.717, 1.165) is 0 Å². The number of nitrogens with zero attached hydrogens (tertiary/aromatic N) is 3. The quantitative estimate of drug-likeness (QED) is 0.571. The van der Waals surface area contributed by atoms with Crippen LogP contribution in [0.1, 0.15) is 0 Å². The summed E-state index contributed by atoms with van der Waals surface area (Å²) in [4.78, 5) is 14.7. The Labute approximate surface area is 96.8 Å². The number of rotatable bonds is 6. The van der Waals surface area contributed by atoms with Gasteiger partial charge < -0.3 is 25.3 Å². The summed E-state index contributed by atoms with van der Waals surface area (Å²) in [6.07, 6.45) is 1.49. The van der Waals surface area contributed by atoms with Crippen LogP contribution in [0.15, 0.2) is 6.33 Å². The minimum atomic E-state index is -0.00868. The van der Waals surface area contributed by atoms with Gasteiger partial charge in [-0.05, 0) is 0 Å². The molecule has 2 aromatic rings. The Balaban J connectivity index is 2.00. The molecule has 0 saturated carbocycles. The zero-order valence-corrected chi connectivity index (χ0v) is 9.09. The topological polar surface area (TPSA) is 119 Å². The highest BCUT2D eigenvalue weighted by Crippen LogP contribution is 2.19. The SMILES string of the molecule is Nc1nc(OCCOCCO)c2[nH]cnc2n1. The number of imidazole rings is 1. The standard InChI is InChI=1S/C9H13N5O3/c10-9-13-7-6(11-5-12-7)8(14-9)17-4-3-16-2-1-15/h5,15H,1-4H2,(H3,10,11,12,13,14). The maximum atomic E-state index is 8.52. The first-order valence-corrected chi connectivity index (χ1v) is 5.09. The fourth-order valence-electron chi connectivity index (χ4n) is 1.29. The molecule has 0 spiro atoms. The fourth-order valence-corrected chi connectivity index (χ4v) is 1.29. The van der Waals surface area contributed by atoms with Crippen LogP contribution in [0.5, 0.6) is 5.88 Å². The lowest BCUT2D eigenvalue weighted by molar-refractivity contribution is 0.0698. The van der Waals surface area contributed by atoms with Gasteiger partial charge in [-0.15, -0.1) is 0 Å². The average Bonchev–Trinajstić information content (AvgIpc) is 2.76. The van der Waals surface area contributed by atoms with E-state index in [-0.39, 0.29) is 19.2 Å². The highest BCUT2D eigenvalue weighted by atomic mass is 16.5. The van der Waals surface area contributed by atoms with Crippen LogP contribution in [0.4, 0.5) is 5.95 Å². The van der Waals surface area contributed by atoms with Crippen molar-refractivity contribution in [2.45, 2.75) is 0 Å². The molecule has 0 radical (unpaired) electrons. The third kappa shape index (κ3) is 2.80. The molecule has 0 bridgehead atoms. The highest BCUT2D eigenvalue weighted by molar-refractivity contribution is 5.76. The molecule has 0 atom stereocenters. The number of aliphatic hydroxyl groups excluding tert-OH is 1. The van der Waals surface area contributed by atoms with Crippen LogP contribution >= 0.6 is 0 Å². The number of nitrogens with one attached hydrogen (secondary N) is 1. The summed E-state index contributed by atoms with van der Waals surface area (Å²) >= 11 is 0. The van der Waals surface area contributed by atoms with Crippen LogP contribution in [0.3, 0.4) is 0 Å². The number of aromatic amines is 1. The lowest BCUT2D eigenvalue weighted by atomic mass is 10.5. The predicted molar refractivity (Wildman–Crippen MR) is 59.5 cm³/mol. The third-order valence-corrected chi connectivity index (χ3v) is 1.97. The second kappa shape index (κ2) is 5.41. The first-order chi connectivity index (χ1) is 8.31. The van der Waals surface area contributed by atoms with Crippen molar-refractivity contribution in [1.29, 1.82) is 0 Å². The Hall–Kier alpha value is -1.93. The summed E-state index contributed by atoms with van der Waals surface area (Å²) in [6.45, 7) is 0.949. The number of fused-ring (bicyclic) bond motifs is 1. The monoisotopic (exact) mass is 239 g/mol. The molecule has 8 nitrogen and oxygen atoms in total. The van der Waals surface area contributed by atoms with E-state index in [4.69, 9.17) is 20.3 Å². The first kappa shape index (κ1) is 11.6. The van der Waals surface area contributed by atoms with Gasteiger partial charge in [-0.1, -0.05) is 0 Å². The van der Waals surface area contributed by atoms with Gasteiger partial charge in [0.1, 0.15) is 12.1 Å². The molecular weight excluding hydrogens is 226 g/mol. The van der Waals surface area contributed by atoms with Crippen molar-refractivity contribution in [2.24, 2.45) is 0 Å². The lowest BCUT2D eigenvalue weighted by Crippen LogP contribution is -2.10. The number of hydrogen-bond acceptors (Lipinski definition) is 7. The molecule has 0 aliphatic rings. The zero-order valence-electron chi connectivity index (χ0n) is 9.09. The van der Waals surface area contributed by atoms with E-state index in [2.05, 4.69) is 19.9 Å². The van der Waals surface area contributed by atoms with Crippen molar-refractivity contribution in [3.05, 3.63) is 6.33 Å². The number of anilines is 1. The Morgan fingerprint density at radius 1 is 1.29 bits per heavy atom. The molecule has 0 aliphatic heterocycles. The van der Waals surface area contributed by atoms with E-state index >= 15 is 0 Å². The van der Waals surface area contributed by atoms with Crippen LogP contribution in [-0.2, 0) is 4.74 Å². The van der Waals surface area contributed by atoms with E-state index in [1.165, 1.54) is 6.33 Å². The van der Waals surface area contributed by atoms with E-state index in [9.17, 15) is 0 Å². The van der Waals surface area contributed by atoms with Crippen LogP contribution < -0.4 is 10.5 Å². The zero-order chi connectivity index (χ0) is 12.1. The molecule has 2 heterocycles. The summed E-state index contributed by atoms with van der Waals surface area (Å²) in [7, 11) is 0. The predicted octanol–water partition coefficient (Wildman–Crippen LogP) is -0.677. The molecule has 0 saturated heterocycles. The van der Waals surface area contributed by atoms with Crippen LogP contribution in [0.2, 0.25) is 0 Å². The van der Waals surface area contributed by atoms with Crippen LogP contribution in [-0.4, -0.2) is 51.5 Å². The van der Waals surface area contributed by atoms with Gasteiger partial charge in [0.15, 0.2) is 5.65 Å². The molecule has 0 aliphatic carbocycles. The Kier molecular flexibility index (Phi) is 3.68. The maximum absolute atomic E-state index is 8.52. The Morgan fingerprint density at radius 3 is 3.00 bits per heavy atom. The van der Waals surface area contributed by atoms with Crippen molar-refractivity contribution in [3.8, 4) is 5.88 Å². The molecule has 0 aromatic carbocycles. The second-order valence-corrected chi connectivity index (χ2v) is 3.17. The van der Waals surface area contributed by atoms with E-state index in [0.29, 0.717) is 30.3 Å². The van der Waals surface area contributed by atoms with Gasteiger partial charge in [0.25, 0.3) is 0 Å². The molecule has 0 fully saturated rings. The van der Waals surface area contributed by atoms with Gasteiger partial charge >= 0.3 is 0 Å². The largest absolute Gasteiger partial charge is 0.474 e. The van der Waals surface area contributed by atoms with Gasteiger partial charge in [0.05, 0.1) is 26.1 Å². The Bertz CT molecular complexity index is 486. The number of ether oxygens (including phenoxy) is 2. The fraction of sp³-hybridized carbons (Fsp3) is 0.444. The maximum Gasteiger partial charge on any atom is 0.245 e. The average molecular weight is 239 g/mol. The molecular formula is C9H13N5O3. The van der Waals surface area contributed by atoms with Crippen molar-refractivity contribution in [3.63, 3.8) is 0 Å². The Morgan fingerprint density at radius 2 is 2.18 bits per heavy atom. The molecule has 4 N–H and O–H groups in total. The molecule has 17 heavy (non-hydrogen) atoms. The van der Waals surface area contributed by atoms with Crippen molar-refractivity contribution in [1.82, 2.24) is 19.9 Å². The molecule has 8 heteroatoms. The number of aromatic nitrogens is 4. The van der Waals surface area contributed by atoms with E-state index in [1.807, 2.05) is 0 Å². The second-order valence-electron chi connectivity index (χ2n) is 3.17. The van der Waals surface area contributed by atoms with Crippen LogP contribution in [0, 0.1) is 0 Å². The van der Waals surface area contributed by atoms with Gasteiger partial charge in [0.2, 0.25) is 11.8 Å². The number of nitrogens with two attached hydrogens (primary N) is 1. The molecule has 92 valence electrons.